The highest BCUT2D eigenvalue weighted by Crippen LogP contribution is 2.42. The molecule has 5 aromatic rings. The largest absolute Gasteiger partial charge is 0.494 e. The molecule has 5 aliphatic rings. The van der Waals surface area contributed by atoms with Crippen LogP contribution in [-0.2, 0) is 20.6 Å². The molecule has 10 rings (SSSR count). The van der Waals surface area contributed by atoms with Crippen molar-refractivity contribution in [2.75, 3.05) is 99.8 Å². The van der Waals surface area contributed by atoms with Gasteiger partial charge in [-0.05, 0) is 109 Å². The molecule has 2 atom stereocenters. The van der Waals surface area contributed by atoms with Crippen molar-refractivity contribution in [3.63, 3.8) is 0 Å². The number of nitrogens with zero attached hydrogens (tertiary/aromatic N) is 9. The van der Waals surface area contributed by atoms with Gasteiger partial charge in [0, 0.05) is 107 Å². The van der Waals surface area contributed by atoms with E-state index in [1.165, 1.54) is 11.3 Å². The molecule has 2 unspecified atom stereocenters. The summed E-state index contributed by atoms with van der Waals surface area (Å²) in [6.45, 7) is 14.5. The summed E-state index contributed by atoms with van der Waals surface area (Å²) in [5, 5.41) is 9.67. The van der Waals surface area contributed by atoms with Crippen molar-refractivity contribution in [1.29, 1.82) is 0 Å². The van der Waals surface area contributed by atoms with Gasteiger partial charge in [-0.15, -0.1) is 0 Å². The van der Waals surface area contributed by atoms with Gasteiger partial charge in [0.2, 0.25) is 17.8 Å². The quantitative estimate of drug-likeness (QED) is 0.0916. The van der Waals surface area contributed by atoms with Crippen LogP contribution in [0, 0.1) is 5.92 Å². The van der Waals surface area contributed by atoms with Gasteiger partial charge in [-0.3, -0.25) is 44.3 Å². The van der Waals surface area contributed by atoms with E-state index in [9.17, 15) is 23.7 Å². The second-order valence-corrected chi connectivity index (χ2v) is 23.2. The molecule has 0 saturated carbocycles. The number of piperazine rings is 1. The highest BCUT2D eigenvalue weighted by Gasteiger charge is 2.45. The van der Waals surface area contributed by atoms with Crippen molar-refractivity contribution in [1.82, 2.24) is 40.0 Å². The number of aromatic nitrogens is 4. The first-order valence-electron chi connectivity index (χ1n) is 24.1. The topological polar surface area (TPSA) is 198 Å². The molecule has 4 fully saturated rings. The van der Waals surface area contributed by atoms with Gasteiger partial charge in [0.1, 0.15) is 30.3 Å². The number of imide groups is 2. The summed E-state index contributed by atoms with van der Waals surface area (Å²) in [6, 6.07) is 13.0. The van der Waals surface area contributed by atoms with Crippen molar-refractivity contribution in [2.45, 2.75) is 57.5 Å². The number of aryl methyl sites for hydroxylation is 1. The summed E-state index contributed by atoms with van der Waals surface area (Å²) in [6.07, 6.45) is 9.21. The monoisotopic (exact) mass is 1030 g/mol. The van der Waals surface area contributed by atoms with Crippen LogP contribution in [0.4, 0.5) is 34.5 Å². The number of halogens is 1. The molecule has 2 aromatic heterocycles. The minimum Gasteiger partial charge on any atom is -0.494 e. The number of fused-ring (bicyclic) bond motifs is 2. The Kier molecular flexibility index (Phi) is 13.4. The third-order valence-corrected chi connectivity index (χ3v) is 16.6. The lowest BCUT2D eigenvalue weighted by Crippen LogP contribution is -2.54. The fourth-order valence-corrected chi connectivity index (χ4v) is 12.6. The Balaban J connectivity index is 0.722. The smallest absolute Gasteiger partial charge is 0.262 e. The van der Waals surface area contributed by atoms with E-state index in [0.717, 1.165) is 101 Å². The van der Waals surface area contributed by atoms with Gasteiger partial charge >= 0.3 is 0 Å². The number of methoxy groups -OCH3 is 1. The molecule has 5 aliphatic heterocycles. The third kappa shape index (κ3) is 9.48. The molecule has 0 aliphatic carbocycles. The lowest BCUT2D eigenvalue weighted by Gasteiger charge is -2.44. The first kappa shape index (κ1) is 47.7. The number of amides is 4. The van der Waals surface area contributed by atoms with E-state index in [0.29, 0.717) is 67.1 Å². The highest BCUT2D eigenvalue weighted by molar-refractivity contribution is 9.10. The van der Waals surface area contributed by atoms with Gasteiger partial charge in [0.25, 0.3) is 11.8 Å². The van der Waals surface area contributed by atoms with Gasteiger partial charge in [-0.2, -0.15) is 4.98 Å². The molecule has 0 spiro atoms. The second kappa shape index (κ2) is 19.6. The maximum atomic E-state index is 13.6. The molecule has 0 radical (unpaired) electrons. The van der Waals surface area contributed by atoms with E-state index in [-0.39, 0.29) is 18.7 Å². The van der Waals surface area contributed by atoms with E-state index in [1.807, 2.05) is 18.2 Å². The van der Waals surface area contributed by atoms with Gasteiger partial charge in [0.05, 0.1) is 44.9 Å². The number of carbonyl (C=O) groups excluding carboxylic acids is 4. The number of carbonyl (C=O) groups is 4. The van der Waals surface area contributed by atoms with Crippen LogP contribution in [0.1, 0.15) is 65.3 Å². The normalized spacial score (nSPS) is 20.6. The zero-order valence-corrected chi connectivity index (χ0v) is 42.4. The molecular formula is C50H58BrN12O6P. The molecule has 0 bridgehead atoms. The fourth-order valence-electron chi connectivity index (χ4n) is 10.9. The van der Waals surface area contributed by atoms with Crippen molar-refractivity contribution in [3.05, 3.63) is 82.2 Å². The van der Waals surface area contributed by atoms with E-state index in [4.69, 9.17) is 9.72 Å². The molecule has 70 heavy (non-hydrogen) atoms. The maximum absolute atomic E-state index is 13.6. The van der Waals surface area contributed by atoms with E-state index >= 15 is 0 Å². The predicted octanol–water partition coefficient (Wildman–Crippen LogP) is 6.00. The zero-order chi connectivity index (χ0) is 48.8. The molecule has 7 heterocycles. The first-order valence-corrected chi connectivity index (χ1v) is 27.5. The minimum atomic E-state index is -2.78. The predicted molar refractivity (Wildman–Crippen MR) is 274 cm³/mol. The molecule has 18 nitrogen and oxygen atoms in total. The van der Waals surface area contributed by atoms with Crippen molar-refractivity contribution in [2.24, 2.45) is 5.92 Å². The fraction of sp³-hybridized carbons (Fsp3) is 0.440. The number of piperidine rings is 2. The van der Waals surface area contributed by atoms with Crippen molar-refractivity contribution < 1.29 is 28.5 Å². The van der Waals surface area contributed by atoms with Crippen LogP contribution in [-0.4, -0.2) is 150 Å². The molecule has 3 N–H and O–H groups in total. The molecule has 366 valence electrons. The van der Waals surface area contributed by atoms with Crippen LogP contribution < -0.4 is 35.8 Å². The van der Waals surface area contributed by atoms with Crippen LogP contribution in [0.3, 0.4) is 0 Å². The first-order chi connectivity index (χ1) is 33.8. The van der Waals surface area contributed by atoms with Crippen LogP contribution in [0.25, 0.3) is 11.0 Å². The highest BCUT2D eigenvalue weighted by atomic mass is 79.9. The summed E-state index contributed by atoms with van der Waals surface area (Å²) in [5.41, 5.74) is 6.60. The van der Waals surface area contributed by atoms with Gasteiger partial charge < -0.3 is 34.6 Å². The van der Waals surface area contributed by atoms with Crippen molar-refractivity contribution >= 4 is 97.6 Å². The zero-order valence-electron chi connectivity index (χ0n) is 39.9. The van der Waals surface area contributed by atoms with Crippen LogP contribution in [0.5, 0.6) is 5.75 Å². The van der Waals surface area contributed by atoms with Gasteiger partial charge in [0.15, 0.2) is 0 Å². The molecule has 3 aromatic carbocycles. The van der Waals surface area contributed by atoms with Crippen LogP contribution in [0.15, 0.2) is 65.5 Å². The number of hydrogen-bond donors (Lipinski definition) is 3. The Hall–Kier alpha value is -6.01. The van der Waals surface area contributed by atoms with Gasteiger partial charge in [-0.25, -0.2) is 4.98 Å². The SMILES string of the molecule is CCc1cc(Nc2ncc(Br)c(Nc3ccc4nccnc4c3P(C)(C)=O)n2)c(OC)cc1N1CCC(N2CCN(CC3CCN(c4ccc5c(c4)C(=O)N(C4CCC(=O)NC4=O)C5=O)C3)CC2)CC1. The number of hydrogen-bond acceptors (Lipinski definition) is 16. The summed E-state index contributed by atoms with van der Waals surface area (Å²) in [5.74, 6) is 0.130. The number of nitrogens with one attached hydrogen (secondary N) is 3. The van der Waals surface area contributed by atoms with Crippen LogP contribution >= 0.6 is 23.1 Å². The Morgan fingerprint density at radius 1 is 0.829 bits per heavy atom. The number of anilines is 6. The Bertz CT molecular complexity index is 2940. The molecule has 20 heteroatoms. The third-order valence-electron chi connectivity index (χ3n) is 14.5. The Morgan fingerprint density at radius 2 is 1.59 bits per heavy atom. The molecular weight excluding hydrogens is 976 g/mol. The van der Waals surface area contributed by atoms with Gasteiger partial charge in [-0.1, -0.05) is 6.92 Å². The van der Waals surface area contributed by atoms with E-state index in [1.54, 1.807) is 51.2 Å². The molecule has 4 amide bonds. The second-order valence-electron chi connectivity index (χ2n) is 19.2. The maximum Gasteiger partial charge on any atom is 0.262 e. The Morgan fingerprint density at radius 3 is 2.33 bits per heavy atom. The average Bonchev–Trinajstić information content (AvgIpc) is 3.92. The number of benzene rings is 3. The summed E-state index contributed by atoms with van der Waals surface area (Å²) in [4.78, 5) is 80.3. The molecule has 4 saturated heterocycles. The average molecular weight is 1030 g/mol. The van der Waals surface area contributed by atoms with Crippen molar-refractivity contribution in [3.8, 4) is 5.75 Å². The van der Waals surface area contributed by atoms with E-state index in [2.05, 4.69) is 85.5 Å². The number of rotatable bonds is 13. The van der Waals surface area contributed by atoms with Crippen LogP contribution in [0.2, 0.25) is 0 Å². The summed E-state index contributed by atoms with van der Waals surface area (Å²) < 4.78 is 20.2. The minimum absolute atomic E-state index is 0.0951. The standard InChI is InChI=1S/C50H58BrN12O6P/c1-5-31-24-39(56-50-54-27-36(51)46(58-50)55-38-9-8-37-44(53-16-15-52-37)45(38)70(3,4)68)42(69-2)26-41(31)61-18-13-32(14-19-61)60-22-20-59(21-23-60)28-30-12-17-62(29-30)33-6-7-34-35(25-33)49(67)63(48(34)66)40-10-11-43(64)57-47(40)65/h6-9,15-16,24-27,30,32,40H,5,10-14,17-23,28-29H2,1-4H3,(H,57,64,65)(H2,54,55,56,58). The summed E-state index contributed by atoms with van der Waals surface area (Å²) in [7, 11) is -1.10. The van der Waals surface area contributed by atoms with E-state index < -0.39 is 30.9 Å². The Labute approximate surface area is 415 Å². The lowest BCUT2D eigenvalue weighted by molar-refractivity contribution is -0.136. The lowest BCUT2D eigenvalue weighted by atomic mass is 9.99. The summed E-state index contributed by atoms with van der Waals surface area (Å²) >= 11 is 3.60. The number of ether oxygens (including phenoxy) is 1.